The number of likely N-dealkylation sites (N-methyl/N-ethyl adjacent to an activating group) is 1. The third kappa shape index (κ3) is 4.45. The van der Waals surface area contributed by atoms with E-state index in [1.54, 1.807) is 39.1 Å². The average molecular weight is 446 g/mol. The predicted octanol–water partition coefficient (Wildman–Crippen LogP) is 4.27. The molecule has 6 nitrogen and oxygen atoms in total. The van der Waals surface area contributed by atoms with Crippen LogP contribution in [0.3, 0.4) is 0 Å². The highest BCUT2D eigenvalue weighted by molar-refractivity contribution is 6.35. The fourth-order valence-electron chi connectivity index (χ4n) is 2.86. The van der Waals surface area contributed by atoms with Gasteiger partial charge in [-0.05, 0) is 31.5 Å². The molecule has 0 aliphatic carbocycles. The molecule has 1 aromatic carbocycles. The number of nitrogens with zero attached hydrogens (tertiary/aromatic N) is 5. The lowest BCUT2D eigenvalue weighted by Crippen LogP contribution is -2.28. The summed E-state index contributed by atoms with van der Waals surface area (Å²) in [5.74, 6) is -1.69. The van der Waals surface area contributed by atoms with Crippen molar-refractivity contribution in [3.8, 4) is 0 Å². The Morgan fingerprint density at radius 1 is 1.21 bits per heavy atom. The maximum Gasteiger partial charge on any atom is 0.453 e. The van der Waals surface area contributed by atoms with Crippen LogP contribution >= 0.6 is 23.2 Å². The van der Waals surface area contributed by atoms with Gasteiger partial charge in [0.2, 0.25) is 5.91 Å². The first-order chi connectivity index (χ1) is 13.5. The summed E-state index contributed by atoms with van der Waals surface area (Å²) in [4.78, 5) is 21.7. The third-order valence-corrected chi connectivity index (χ3v) is 5.07. The van der Waals surface area contributed by atoms with E-state index in [9.17, 15) is 18.0 Å². The molecule has 0 saturated carbocycles. The number of carbonyl (C=O) groups excluding carboxylic acids is 1. The average Bonchev–Trinajstić information content (AvgIpc) is 3.05. The highest BCUT2D eigenvalue weighted by Crippen LogP contribution is 2.27. The van der Waals surface area contributed by atoms with Gasteiger partial charge in [-0.3, -0.25) is 4.79 Å². The Kier molecular flexibility index (Phi) is 5.73. The lowest BCUT2D eigenvalue weighted by molar-refractivity contribution is -0.144. The number of halogens is 5. The van der Waals surface area contributed by atoms with Gasteiger partial charge in [-0.1, -0.05) is 29.3 Å². The smallest absolute Gasteiger partial charge is 0.341 e. The topological polar surface area (TPSA) is 63.4 Å². The second-order valence-electron chi connectivity index (χ2n) is 6.57. The van der Waals surface area contributed by atoms with Gasteiger partial charge in [-0.2, -0.15) is 18.2 Å². The third-order valence-electron chi connectivity index (χ3n) is 4.48. The van der Waals surface area contributed by atoms with Crippen LogP contribution in [0.4, 0.5) is 13.2 Å². The second-order valence-corrected chi connectivity index (χ2v) is 7.41. The molecule has 29 heavy (non-hydrogen) atoms. The summed E-state index contributed by atoms with van der Waals surface area (Å²) in [6.07, 6.45) is -4.73. The van der Waals surface area contributed by atoms with Gasteiger partial charge in [-0.15, -0.1) is 5.10 Å². The molecule has 0 unspecified atom stereocenters. The minimum atomic E-state index is -4.68. The molecule has 0 saturated heterocycles. The number of carbonyl (C=O) groups is 1. The van der Waals surface area contributed by atoms with E-state index in [0.29, 0.717) is 27.0 Å². The number of alkyl halides is 3. The van der Waals surface area contributed by atoms with Crippen molar-refractivity contribution < 1.29 is 18.0 Å². The largest absolute Gasteiger partial charge is 0.453 e. The van der Waals surface area contributed by atoms with E-state index in [-0.39, 0.29) is 24.7 Å². The maximum atomic E-state index is 12.9. The van der Waals surface area contributed by atoms with Gasteiger partial charge >= 0.3 is 6.18 Å². The minimum absolute atomic E-state index is 0.0521. The molecule has 0 bridgehead atoms. The molecular weight excluding hydrogens is 430 g/mol. The van der Waals surface area contributed by atoms with Crippen molar-refractivity contribution in [3.05, 3.63) is 56.6 Å². The molecule has 11 heteroatoms. The zero-order valence-electron chi connectivity index (χ0n) is 15.7. The zero-order valence-corrected chi connectivity index (χ0v) is 17.2. The van der Waals surface area contributed by atoms with E-state index >= 15 is 0 Å². The fraction of sp³-hybridized carbons (Fsp3) is 0.333. The Balaban J connectivity index is 1.85. The van der Waals surface area contributed by atoms with Crippen LogP contribution in [-0.4, -0.2) is 37.4 Å². The molecule has 1 amide bonds. The molecule has 154 valence electrons. The van der Waals surface area contributed by atoms with E-state index in [1.165, 1.54) is 4.90 Å². The van der Waals surface area contributed by atoms with Crippen molar-refractivity contribution >= 4 is 34.9 Å². The summed E-state index contributed by atoms with van der Waals surface area (Å²) in [6, 6.07) is 4.99. The van der Waals surface area contributed by atoms with E-state index in [1.807, 2.05) is 0 Å². The van der Waals surface area contributed by atoms with Crippen molar-refractivity contribution in [3.63, 3.8) is 0 Å². The first kappa shape index (κ1) is 21.3. The summed E-state index contributed by atoms with van der Waals surface area (Å²) >= 11 is 12.0. The van der Waals surface area contributed by atoms with Crippen LogP contribution in [0.1, 0.15) is 28.3 Å². The summed E-state index contributed by atoms with van der Waals surface area (Å²) in [7, 11) is 1.61. The Morgan fingerprint density at radius 2 is 1.90 bits per heavy atom. The first-order valence-corrected chi connectivity index (χ1v) is 9.21. The SMILES string of the molecule is Cc1nc2nc(C(F)(F)F)nn2c(C)c1CC(=O)N(C)Cc1ccc(Cl)cc1Cl. The minimum Gasteiger partial charge on any atom is -0.341 e. The number of amides is 1. The summed E-state index contributed by atoms with van der Waals surface area (Å²) < 4.78 is 39.7. The van der Waals surface area contributed by atoms with Crippen molar-refractivity contribution in [2.75, 3.05) is 7.05 Å². The second kappa shape index (κ2) is 7.79. The summed E-state index contributed by atoms with van der Waals surface area (Å²) in [6.45, 7) is 3.45. The van der Waals surface area contributed by atoms with Gasteiger partial charge < -0.3 is 4.90 Å². The fourth-order valence-corrected chi connectivity index (χ4v) is 3.33. The molecule has 3 aromatic rings. The molecule has 2 aromatic heterocycles. The number of fused-ring (bicyclic) bond motifs is 1. The van der Waals surface area contributed by atoms with Gasteiger partial charge in [0, 0.05) is 40.6 Å². The Hall–Kier alpha value is -2.39. The van der Waals surface area contributed by atoms with Crippen molar-refractivity contribution in [1.82, 2.24) is 24.5 Å². The van der Waals surface area contributed by atoms with Crippen LogP contribution in [0, 0.1) is 13.8 Å². The molecule has 0 N–H and O–H groups in total. The molecular formula is C18H16Cl2F3N5O. The monoisotopic (exact) mass is 445 g/mol. The van der Waals surface area contributed by atoms with Crippen molar-refractivity contribution in [2.24, 2.45) is 0 Å². The van der Waals surface area contributed by atoms with Crippen LogP contribution in [0.5, 0.6) is 0 Å². The first-order valence-electron chi connectivity index (χ1n) is 8.45. The van der Waals surface area contributed by atoms with Gasteiger partial charge in [-0.25, -0.2) is 9.50 Å². The molecule has 0 radical (unpaired) electrons. The molecule has 0 spiro atoms. The normalized spacial score (nSPS) is 11.9. The van der Waals surface area contributed by atoms with E-state index in [2.05, 4.69) is 15.1 Å². The van der Waals surface area contributed by atoms with E-state index in [0.717, 1.165) is 10.1 Å². The van der Waals surface area contributed by atoms with Crippen LogP contribution < -0.4 is 0 Å². The maximum absolute atomic E-state index is 12.9. The number of hydrogen-bond donors (Lipinski definition) is 0. The van der Waals surface area contributed by atoms with E-state index in [4.69, 9.17) is 23.2 Å². The number of aryl methyl sites for hydroxylation is 2. The number of rotatable bonds is 4. The molecule has 0 aliphatic heterocycles. The van der Waals surface area contributed by atoms with Gasteiger partial charge in [0.15, 0.2) is 0 Å². The number of aromatic nitrogens is 4. The molecule has 0 aliphatic rings. The highest BCUT2D eigenvalue weighted by atomic mass is 35.5. The van der Waals surface area contributed by atoms with Gasteiger partial charge in [0.25, 0.3) is 11.6 Å². The quantitative estimate of drug-likeness (QED) is 0.601. The van der Waals surface area contributed by atoms with Gasteiger partial charge in [0.1, 0.15) is 0 Å². The number of hydrogen-bond acceptors (Lipinski definition) is 4. The summed E-state index contributed by atoms with van der Waals surface area (Å²) in [5, 5.41) is 4.42. The lowest BCUT2D eigenvalue weighted by Gasteiger charge is -2.19. The van der Waals surface area contributed by atoms with Gasteiger partial charge in [0.05, 0.1) is 6.42 Å². The standard InChI is InChI=1S/C18H16Cl2F3N5O/c1-9-13(10(2)28-17(24-9)25-16(26-28)18(21,22)23)7-15(29)27(3)8-11-4-5-12(19)6-14(11)20/h4-6H,7-8H2,1-3H3. The van der Waals surface area contributed by atoms with Crippen LogP contribution in [-0.2, 0) is 23.9 Å². The molecule has 2 heterocycles. The zero-order chi connectivity index (χ0) is 21.5. The van der Waals surface area contributed by atoms with Crippen LogP contribution in [0.2, 0.25) is 10.0 Å². The van der Waals surface area contributed by atoms with Crippen molar-refractivity contribution in [1.29, 1.82) is 0 Å². The Labute approximate surface area is 174 Å². The van der Waals surface area contributed by atoms with Crippen LogP contribution in [0.25, 0.3) is 5.78 Å². The molecule has 0 atom stereocenters. The number of benzene rings is 1. The lowest BCUT2D eigenvalue weighted by atomic mass is 10.1. The summed E-state index contributed by atoms with van der Waals surface area (Å²) in [5.41, 5.74) is 2.01. The highest BCUT2D eigenvalue weighted by Gasteiger charge is 2.37. The molecule has 0 fully saturated rings. The molecule has 3 rings (SSSR count). The predicted molar refractivity (Wildman–Crippen MR) is 102 cm³/mol. The van der Waals surface area contributed by atoms with Crippen molar-refractivity contribution in [2.45, 2.75) is 33.0 Å². The van der Waals surface area contributed by atoms with E-state index < -0.39 is 12.0 Å². The Morgan fingerprint density at radius 3 is 2.52 bits per heavy atom. The Bertz CT molecular complexity index is 1100. The van der Waals surface area contributed by atoms with Crippen LogP contribution in [0.15, 0.2) is 18.2 Å².